The monoisotopic (exact) mass is 317 g/mol. The average Bonchev–Trinajstić information content (AvgIpc) is 3.12. The number of alkyl carbamates (subject to hydrolysis) is 1. The van der Waals surface area contributed by atoms with Gasteiger partial charge in [-0.15, -0.1) is 0 Å². The Hall–Kier alpha value is -2.90. The highest BCUT2D eigenvalue weighted by Gasteiger charge is 2.19. The molecule has 0 unspecified atom stereocenters. The predicted octanol–water partition coefficient (Wildman–Crippen LogP) is 1.09. The topological polar surface area (TPSA) is 89.4 Å². The fourth-order valence-corrected chi connectivity index (χ4v) is 2.06. The van der Waals surface area contributed by atoms with E-state index in [2.05, 4.69) is 15.5 Å². The number of amides is 2. The van der Waals surface area contributed by atoms with Gasteiger partial charge in [0.1, 0.15) is 6.61 Å². The average molecular weight is 317 g/mol. The molecule has 8 nitrogen and oxygen atoms in total. The van der Waals surface area contributed by atoms with E-state index < -0.39 is 6.09 Å². The summed E-state index contributed by atoms with van der Waals surface area (Å²) in [4.78, 5) is 26.8. The van der Waals surface area contributed by atoms with Crippen molar-refractivity contribution in [2.75, 3.05) is 26.7 Å². The first-order valence-corrected chi connectivity index (χ1v) is 7.26. The van der Waals surface area contributed by atoms with Crippen molar-refractivity contribution in [3.63, 3.8) is 0 Å². The minimum atomic E-state index is -0.519. The van der Waals surface area contributed by atoms with E-state index in [1.54, 1.807) is 35.5 Å². The lowest BCUT2D eigenvalue weighted by molar-refractivity contribution is 0.0708. The number of hydrogen-bond acceptors (Lipinski definition) is 5. The number of benzene rings is 1. The molecule has 0 bridgehead atoms. The number of nitrogens with one attached hydrogen (secondary N) is 1. The normalized spacial score (nSPS) is 10.2. The third-order valence-corrected chi connectivity index (χ3v) is 3.24. The second kappa shape index (κ2) is 7.92. The van der Waals surface area contributed by atoms with Crippen LogP contribution in [0.3, 0.4) is 0 Å². The molecule has 2 rings (SSSR count). The van der Waals surface area contributed by atoms with Gasteiger partial charge in [-0.1, -0.05) is 12.1 Å². The number of likely N-dealkylation sites (N-methyl/N-ethyl adjacent to an activating group) is 1. The van der Waals surface area contributed by atoms with Gasteiger partial charge in [0.2, 0.25) is 0 Å². The summed E-state index contributed by atoms with van der Waals surface area (Å²) in [5.74, 6) is -0.166. The lowest BCUT2D eigenvalue weighted by atomic mass is 10.1. The van der Waals surface area contributed by atoms with Crippen molar-refractivity contribution >= 4 is 12.0 Å². The van der Waals surface area contributed by atoms with Crippen LogP contribution in [0.4, 0.5) is 4.79 Å². The lowest BCUT2D eigenvalue weighted by Crippen LogP contribution is -2.35. The molecule has 2 aromatic rings. The summed E-state index contributed by atoms with van der Waals surface area (Å²) in [5.41, 5.74) is 1.10. The predicted molar refractivity (Wildman–Crippen MR) is 83.3 cm³/mol. The van der Waals surface area contributed by atoms with E-state index in [1.807, 2.05) is 13.0 Å². The van der Waals surface area contributed by atoms with Crippen molar-refractivity contribution in [3.8, 4) is 5.69 Å². The number of hydrogen-bond donors (Lipinski definition) is 1. The SMILES string of the molecule is CCN(CCOC(=O)NC)C(=O)c1ccccc1-n1nccn1. The summed E-state index contributed by atoms with van der Waals surface area (Å²) in [5, 5.41) is 10.5. The Kier molecular flexibility index (Phi) is 5.67. The van der Waals surface area contributed by atoms with Gasteiger partial charge in [0.05, 0.1) is 30.2 Å². The Bertz CT molecular complexity index is 657. The smallest absolute Gasteiger partial charge is 0.406 e. The Balaban J connectivity index is 2.13. The van der Waals surface area contributed by atoms with E-state index in [-0.39, 0.29) is 12.5 Å². The number of ether oxygens (including phenoxy) is 1. The summed E-state index contributed by atoms with van der Waals surface area (Å²) in [6, 6.07) is 7.11. The highest BCUT2D eigenvalue weighted by molar-refractivity contribution is 5.97. The van der Waals surface area contributed by atoms with Crippen LogP contribution in [0.5, 0.6) is 0 Å². The van der Waals surface area contributed by atoms with E-state index in [9.17, 15) is 9.59 Å². The Morgan fingerprint density at radius 2 is 1.96 bits per heavy atom. The fraction of sp³-hybridized carbons (Fsp3) is 0.333. The van der Waals surface area contributed by atoms with E-state index in [4.69, 9.17) is 4.74 Å². The molecule has 122 valence electrons. The summed E-state index contributed by atoms with van der Waals surface area (Å²) in [6.07, 6.45) is 2.58. The molecule has 0 spiro atoms. The maximum atomic E-state index is 12.7. The molecule has 1 aromatic heterocycles. The first-order chi connectivity index (χ1) is 11.2. The van der Waals surface area contributed by atoms with Crippen LogP contribution in [0.1, 0.15) is 17.3 Å². The molecular weight excluding hydrogens is 298 g/mol. The number of para-hydroxylation sites is 1. The Morgan fingerprint density at radius 3 is 2.61 bits per heavy atom. The number of nitrogens with zero attached hydrogens (tertiary/aromatic N) is 4. The van der Waals surface area contributed by atoms with Crippen LogP contribution in [0.15, 0.2) is 36.7 Å². The van der Waals surface area contributed by atoms with Crippen molar-refractivity contribution in [2.45, 2.75) is 6.92 Å². The molecule has 0 saturated heterocycles. The van der Waals surface area contributed by atoms with Crippen molar-refractivity contribution in [1.82, 2.24) is 25.2 Å². The zero-order valence-electron chi connectivity index (χ0n) is 13.1. The molecule has 8 heteroatoms. The maximum Gasteiger partial charge on any atom is 0.406 e. The highest BCUT2D eigenvalue weighted by atomic mass is 16.5. The zero-order chi connectivity index (χ0) is 16.7. The van der Waals surface area contributed by atoms with Gasteiger partial charge < -0.3 is 15.0 Å². The van der Waals surface area contributed by atoms with Crippen LogP contribution in [-0.4, -0.2) is 58.6 Å². The molecule has 0 aliphatic rings. The quantitative estimate of drug-likeness (QED) is 0.861. The van der Waals surface area contributed by atoms with Crippen LogP contribution >= 0.6 is 0 Å². The molecule has 2 amide bonds. The second-order valence-electron chi connectivity index (χ2n) is 4.61. The van der Waals surface area contributed by atoms with E-state index in [1.165, 1.54) is 11.8 Å². The van der Waals surface area contributed by atoms with Crippen LogP contribution in [0.2, 0.25) is 0 Å². The highest BCUT2D eigenvalue weighted by Crippen LogP contribution is 2.15. The second-order valence-corrected chi connectivity index (χ2v) is 4.61. The molecule has 0 radical (unpaired) electrons. The van der Waals surface area contributed by atoms with Gasteiger partial charge in [-0.3, -0.25) is 4.79 Å². The molecule has 1 heterocycles. The molecule has 1 aromatic carbocycles. The number of carbonyl (C=O) groups is 2. The first kappa shape index (κ1) is 16.5. The van der Waals surface area contributed by atoms with Crippen LogP contribution in [0.25, 0.3) is 5.69 Å². The van der Waals surface area contributed by atoms with Crippen molar-refractivity contribution in [1.29, 1.82) is 0 Å². The minimum absolute atomic E-state index is 0.126. The third-order valence-electron chi connectivity index (χ3n) is 3.24. The van der Waals surface area contributed by atoms with Crippen molar-refractivity contribution < 1.29 is 14.3 Å². The Labute approximate surface area is 134 Å². The zero-order valence-corrected chi connectivity index (χ0v) is 13.1. The maximum absolute atomic E-state index is 12.7. The van der Waals surface area contributed by atoms with Crippen molar-refractivity contribution in [3.05, 3.63) is 42.2 Å². The van der Waals surface area contributed by atoms with E-state index in [0.717, 1.165) is 0 Å². The Morgan fingerprint density at radius 1 is 1.26 bits per heavy atom. The van der Waals surface area contributed by atoms with Crippen LogP contribution < -0.4 is 5.32 Å². The molecule has 0 atom stereocenters. The van der Waals surface area contributed by atoms with Gasteiger partial charge in [0.15, 0.2) is 0 Å². The molecule has 23 heavy (non-hydrogen) atoms. The van der Waals surface area contributed by atoms with E-state index >= 15 is 0 Å². The molecule has 0 saturated carbocycles. The third kappa shape index (κ3) is 4.06. The lowest BCUT2D eigenvalue weighted by Gasteiger charge is -2.21. The number of aromatic nitrogens is 3. The van der Waals surface area contributed by atoms with Gasteiger partial charge in [-0.2, -0.15) is 15.0 Å². The summed E-state index contributed by atoms with van der Waals surface area (Å²) in [6.45, 7) is 2.80. The van der Waals surface area contributed by atoms with Gasteiger partial charge in [0.25, 0.3) is 5.91 Å². The van der Waals surface area contributed by atoms with Crippen molar-refractivity contribution in [2.24, 2.45) is 0 Å². The summed E-state index contributed by atoms with van der Waals surface area (Å²) < 4.78 is 4.94. The van der Waals surface area contributed by atoms with Crippen LogP contribution in [-0.2, 0) is 4.74 Å². The number of carbonyl (C=O) groups excluding carboxylic acids is 2. The number of rotatable bonds is 6. The first-order valence-electron chi connectivity index (χ1n) is 7.26. The van der Waals surface area contributed by atoms with Crippen LogP contribution in [0, 0.1) is 0 Å². The summed E-state index contributed by atoms with van der Waals surface area (Å²) >= 11 is 0. The largest absolute Gasteiger partial charge is 0.448 e. The van der Waals surface area contributed by atoms with Gasteiger partial charge in [-0.05, 0) is 19.1 Å². The van der Waals surface area contributed by atoms with Gasteiger partial charge >= 0.3 is 6.09 Å². The molecular formula is C15H19N5O3. The minimum Gasteiger partial charge on any atom is -0.448 e. The fourth-order valence-electron chi connectivity index (χ4n) is 2.06. The molecule has 1 N–H and O–H groups in total. The standard InChI is InChI=1S/C15H19N5O3/c1-3-19(10-11-23-15(22)16-2)14(21)12-6-4-5-7-13(12)20-17-8-9-18-20/h4-9H,3,10-11H2,1-2H3,(H,16,22). The molecule has 0 aliphatic heterocycles. The van der Waals surface area contributed by atoms with E-state index in [0.29, 0.717) is 24.3 Å². The van der Waals surface area contributed by atoms with Gasteiger partial charge in [0, 0.05) is 13.6 Å². The van der Waals surface area contributed by atoms with Gasteiger partial charge in [-0.25, -0.2) is 4.79 Å². The summed E-state index contributed by atoms with van der Waals surface area (Å²) in [7, 11) is 1.48. The molecule has 0 aliphatic carbocycles. The molecule has 0 fully saturated rings.